The molecule has 0 saturated carbocycles. The number of amides is 1. The first-order valence-electron chi connectivity index (χ1n) is 11.1. The van der Waals surface area contributed by atoms with Crippen molar-refractivity contribution in [2.75, 3.05) is 19.8 Å². The SMILES string of the molecule is N#CCNC(=O)c1cccc(C2=NCOC(c3cccc(CNCCCn4ccnc4)c3)=C2)c1. The van der Waals surface area contributed by atoms with E-state index in [1.54, 1.807) is 24.4 Å². The van der Waals surface area contributed by atoms with Crippen LogP contribution in [0, 0.1) is 11.3 Å². The summed E-state index contributed by atoms with van der Waals surface area (Å²) in [6, 6.07) is 17.4. The van der Waals surface area contributed by atoms with Gasteiger partial charge in [0.05, 0.1) is 18.1 Å². The van der Waals surface area contributed by atoms with Gasteiger partial charge in [0.1, 0.15) is 12.3 Å². The van der Waals surface area contributed by atoms with Gasteiger partial charge in [-0.25, -0.2) is 9.98 Å². The van der Waals surface area contributed by atoms with Gasteiger partial charge in [-0.2, -0.15) is 5.26 Å². The third kappa shape index (κ3) is 6.18. The Labute approximate surface area is 198 Å². The number of aryl methyl sites for hydroxylation is 1. The van der Waals surface area contributed by atoms with Gasteiger partial charge < -0.3 is 19.9 Å². The van der Waals surface area contributed by atoms with Crippen LogP contribution in [-0.4, -0.2) is 41.0 Å². The summed E-state index contributed by atoms with van der Waals surface area (Å²) in [5.41, 5.74) is 4.20. The van der Waals surface area contributed by atoms with E-state index in [-0.39, 0.29) is 19.2 Å². The lowest BCUT2D eigenvalue weighted by atomic mass is 10.0. The highest BCUT2D eigenvalue weighted by Crippen LogP contribution is 2.22. The predicted octanol–water partition coefficient (Wildman–Crippen LogP) is 3.13. The third-order valence-corrected chi connectivity index (χ3v) is 5.34. The summed E-state index contributed by atoms with van der Waals surface area (Å²) in [5, 5.41) is 14.7. The van der Waals surface area contributed by atoms with Crippen LogP contribution in [0.4, 0.5) is 0 Å². The normalized spacial score (nSPS) is 12.8. The number of imidazole rings is 1. The lowest BCUT2D eigenvalue weighted by molar-refractivity contribution is 0.0958. The zero-order valence-electron chi connectivity index (χ0n) is 18.8. The average Bonchev–Trinajstić information content (AvgIpc) is 3.41. The molecule has 4 rings (SSSR count). The molecular formula is C26H26N6O2. The second kappa shape index (κ2) is 11.6. The van der Waals surface area contributed by atoms with Crippen molar-refractivity contribution in [1.82, 2.24) is 20.2 Å². The van der Waals surface area contributed by atoms with Crippen LogP contribution < -0.4 is 10.6 Å². The van der Waals surface area contributed by atoms with E-state index in [9.17, 15) is 4.79 Å². The number of allylic oxidation sites excluding steroid dienone is 1. The Kier molecular flexibility index (Phi) is 7.82. The van der Waals surface area contributed by atoms with Crippen molar-refractivity contribution >= 4 is 17.4 Å². The molecule has 2 aromatic carbocycles. The van der Waals surface area contributed by atoms with Gasteiger partial charge in [-0.1, -0.05) is 30.3 Å². The molecule has 0 bridgehead atoms. The Bertz CT molecular complexity index is 1220. The van der Waals surface area contributed by atoms with Crippen molar-refractivity contribution in [2.24, 2.45) is 4.99 Å². The van der Waals surface area contributed by atoms with Gasteiger partial charge in [0.15, 0.2) is 6.73 Å². The monoisotopic (exact) mass is 454 g/mol. The molecule has 34 heavy (non-hydrogen) atoms. The van der Waals surface area contributed by atoms with Crippen molar-refractivity contribution in [3.63, 3.8) is 0 Å². The fourth-order valence-electron chi connectivity index (χ4n) is 3.64. The molecule has 0 unspecified atom stereocenters. The van der Waals surface area contributed by atoms with E-state index in [0.29, 0.717) is 5.56 Å². The fourth-order valence-corrected chi connectivity index (χ4v) is 3.64. The van der Waals surface area contributed by atoms with E-state index in [4.69, 9.17) is 10.00 Å². The molecule has 2 N–H and O–H groups in total. The number of aromatic nitrogens is 2. The van der Waals surface area contributed by atoms with Crippen LogP contribution in [-0.2, 0) is 17.8 Å². The number of nitrogens with one attached hydrogen (secondary N) is 2. The summed E-state index contributed by atoms with van der Waals surface area (Å²) in [7, 11) is 0. The molecule has 1 aromatic heterocycles. The van der Waals surface area contributed by atoms with Crippen LogP contribution in [0.5, 0.6) is 0 Å². The van der Waals surface area contributed by atoms with E-state index >= 15 is 0 Å². The molecule has 0 atom stereocenters. The number of ether oxygens (including phenoxy) is 1. The minimum atomic E-state index is -0.287. The lowest BCUT2D eigenvalue weighted by Crippen LogP contribution is -2.23. The summed E-state index contributed by atoms with van der Waals surface area (Å²) in [5.74, 6) is 0.455. The summed E-state index contributed by atoms with van der Waals surface area (Å²) in [6.07, 6.45) is 8.52. The molecule has 1 aliphatic rings. The van der Waals surface area contributed by atoms with Gasteiger partial charge in [0.25, 0.3) is 5.91 Å². The van der Waals surface area contributed by atoms with Crippen LogP contribution in [0.25, 0.3) is 5.76 Å². The maximum absolute atomic E-state index is 12.2. The number of rotatable bonds is 10. The molecule has 1 aliphatic heterocycles. The Morgan fingerprint density at radius 1 is 1.18 bits per heavy atom. The van der Waals surface area contributed by atoms with Gasteiger partial charge in [-0.15, -0.1) is 0 Å². The Hall–Kier alpha value is -4.22. The van der Waals surface area contributed by atoms with E-state index in [1.165, 1.54) is 5.56 Å². The standard InChI is InChI=1S/C26H26N6O2/c27-8-10-30-26(33)23-7-2-5-21(15-23)24-16-25(34-19-31-24)22-6-1-4-20(14-22)17-28-9-3-12-32-13-11-29-18-32/h1-2,4-7,11,13-16,18,28H,3,9-10,12,17,19H2,(H,30,33). The van der Waals surface area contributed by atoms with Crippen LogP contribution in [0.1, 0.15) is 33.5 Å². The molecule has 0 radical (unpaired) electrons. The predicted molar refractivity (Wildman–Crippen MR) is 130 cm³/mol. The van der Waals surface area contributed by atoms with Crippen LogP contribution in [0.3, 0.4) is 0 Å². The number of carbonyl (C=O) groups excluding carboxylic acids is 1. The molecule has 0 saturated heterocycles. The number of aliphatic imine (C=N–C) groups is 1. The number of carbonyl (C=O) groups is 1. The molecule has 0 aliphatic carbocycles. The number of hydrogen-bond acceptors (Lipinski definition) is 6. The van der Waals surface area contributed by atoms with Crippen molar-refractivity contribution in [1.29, 1.82) is 5.26 Å². The smallest absolute Gasteiger partial charge is 0.252 e. The average molecular weight is 455 g/mol. The highest BCUT2D eigenvalue weighted by Gasteiger charge is 2.14. The summed E-state index contributed by atoms with van der Waals surface area (Å²) in [6.45, 7) is 2.81. The van der Waals surface area contributed by atoms with Crippen LogP contribution in [0.15, 0.2) is 78.3 Å². The molecule has 0 fully saturated rings. The molecule has 8 heteroatoms. The highest BCUT2D eigenvalue weighted by atomic mass is 16.5. The molecular weight excluding hydrogens is 428 g/mol. The zero-order valence-corrected chi connectivity index (χ0v) is 18.8. The Morgan fingerprint density at radius 2 is 2.06 bits per heavy atom. The topological polar surface area (TPSA) is 104 Å². The first kappa shape index (κ1) is 23.0. The van der Waals surface area contributed by atoms with Crippen molar-refractivity contribution in [3.05, 3.63) is 95.6 Å². The molecule has 1 amide bonds. The third-order valence-electron chi connectivity index (χ3n) is 5.34. The van der Waals surface area contributed by atoms with Gasteiger partial charge in [0, 0.05) is 48.2 Å². The maximum atomic E-state index is 12.2. The van der Waals surface area contributed by atoms with Gasteiger partial charge >= 0.3 is 0 Å². The highest BCUT2D eigenvalue weighted by molar-refractivity contribution is 6.13. The van der Waals surface area contributed by atoms with E-state index in [0.717, 1.165) is 48.7 Å². The summed E-state index contributed by atoms with van der Waals surface area (Å²) in [4.78, 5) is 20.7. The summed E-state index contributed by atoms with van der Waals surface area (Å²) >= 11 is 0. The van der Waals surface area contributed by atoms with Gasteiger partial charge in [-0.05, 0) is 36.7 Å². The van der Waals surface area contributed by atoms with Gasteiger partial charge in [0.2, 0.25) is 0 Å². The second-order valence-corrected chi connectivity index (χ2v) is 7.78. The molecule has 0 spiro atoms. The molecule has 8 nitrogen and oxygen atoms in total. The zero-order chi connectivity index (χ0) is 23.6. The Balaban J connectivity index is 1.39. The van der Waals surface area contributed by atoms with Gasteiger partial charge in [-0.3, -0.25) is 4.79 Å². The molecule has 3 aromatic rings. The van der Waals surface area contributed by atoms with Crippen molar-refractivity contribution < 1.29 is 9.53 Å². The van der Waals surface area contributed by atoms with E-state index < -0.39 is 0 Å². The lowest BCUT2D eigenvalue weighted by Gasteiger charge is -2.16. The largest absolute Gasteiger partial charge is 0.471 e. The second-order valence-electron chi connectivity index (χ2n) is 7.78. The number of hydrogen-bond donors (Lipinski definition) is 2. The molecule has 172 valence electrons. The maximum Gasteiger partial charge on any atom is 0.252 e. The van der Waals surface area contributed by atoms with E-state index in [2.05, 4.69) is 37.3 Å². The summed E-state index contributed by atoms with van der Waals surface area (Å²) < 4.78 is 7.89. The number of nitriles is 1. The minimum absolute atomic E-state index is 0.0301. The first-order chi connectivity index (χ1) is 16.7. The fraction of sp³-hybridized carbons (Fsp3) is 0.231. The number of benzene rings is 2. The van der Waals surface area contributed by atoms with E-state index in [1.807, 2.05) is 42.9 Å². The minimum Gasteiger partial charge on any atom is -0.471 e. The van der Waals surface area contributed by atoms with Crippen LogP contribution >= 0.6 is 0 Å². The van der Waals surface area contributed by atoms with Crippen molar-refractivity contribution in [2.45, 2.75) is 19.5 Å². The Morgan fingerprint density at radius 3 is 2.91 bits per heavy atom. The van der Waals surface area contributed by atoms with Crippen LogP contribution in [0.2, 0.25) is 0 Å². The first-order valence-corrected chi connectivity index (χ1v) is 11.1. The number of nitrogens with zero attached hydrogens (tertiary/aromatic N) is 4. The molecule has 2 heterocycles. The quantitative estimate of drug-likeness (QED) is 0.362. The van der Waals surface area contributed by atoms with Crippen molar-refractivity contribution in [3.8, 4) is 6.07 Å².